The molecular formula is C17H18FN3O2S2. The summed E-state index contributed by atoms with van der Waals surface area (Å²) in [4.78, 5) is 30.0. The molecule has 1 aliphatic heterocycles. The van der Waals surface area contributed by atoms with Crippen LogP contribution in [0.2, 0.25) is 0 Å². The van der Waals surface area contributed by atoms with E-state index in [1.807, 2.05) is 6.92 Å². The molecular weight excluding hydrogens is 361 g/mol. The number of rotatable bonds is 5. The number of nitrogens with zero attached hydrogens (tertiary/aromatic N) is 2. The number of carbonyl (C=O) groups is 1. The maximum atomic E-state index is 13.2. The van der Waals surface area contributed by atoms with Crippen LogP contribution in [0.4, 0.5) is 10.1 Å². The van der Waals surface area contributed by atoms with Gasteiger partial charge in [-0.25, -0.2) is 9.37 Å². The predicted octanol–water partition coefficient (Wildman–Crippen LogP) is 3.17. The fourth-order valence-corrected chi connectivity index (χ4v) is 4.61. The van der Waals surface area contributed by atoms with Crippen LogP contribution in [0.5, 0.6) is 0 Å². The van der Waals surface area contributed by atoms with Crippen molar-refractivity contribution in [2.75, 3.05) is 11.1 Å². The van der Waals surface area contributed by atoms with Gasteiger partial charge in [0.05, 0.1) is 16.3 Å². The number of halogens is 1. The van der Waals surface area contributed by atoms with Crippen molar-refractivity contribution in [3.8, 4) is 0 Å². The van der Waals surface area contributed by atoms with E-state index in [0.29, 0.717) is 22.6 Å². The van der Waals surface area contributed by atoms with Crippen molar-refractivity contribution in [2.45, 2.75) is 42.1 Å². The molecule has 2 aromatic rings. The molecule has 0 unspecified atom stereocenters. The summed E-state index contributed by atoms with van der Waals surface area (Å²) in [5, 5.41) is 3.54. The molecule has 0 aliphatic carbocycles. The van der Waals surface area contributed by atoms with Gasteiger partial charge in [-0.05, 0) is 25.1 Å². The van der Waals surface area contributed by atoms with Crippen molar-refractivity contribution in [3.63, 3.8) is 0 Å². The largest absolute Gasteiger partial charge is 0.325 e. The van der Waals surface area contributed by atoms with E-state index in [1.165, 1.54) is 30.0 Å². The van der Waals surface area contributed by atoms with Gasteiger partial charge in [0.2, 0.25) is 5.91 Å². The first-order chi connectivity index (χ1) is 12.0. The number of carbonyl (C=O) groups excluding carboxylic acids is 1. The first-order valence-corrected chi connectivity index (χ1v) is 9.83. The Morgan fingerprint density at radius 1 is 1.52 bits per heavy atom. The molecule has 1 atom stereocenters. The zero-order chi connectivity index (χ0) is 18.0. The summed E-state index contributed by atoms with van der Waals surface area (Å²) in [6.07, 6.45) is 0.767. The lowest BCUT2D eigenvalue weighted by atomic mass is 10.2. The lowest BCUT2D eigenvalue weighted by Gasteiger charge is -2.11. The molecule has 0 bridgehead atoms. The second-order valence-electron chi connectivity index (χ2n) is 5.70. The highest BCUT2D eigenvalue weighted by Gasteiger charge is 2.26. The van der Waals surface area contributed by atoms with Crippen molar-refractivity contribution in [1.29, 1.82) is 0 Å². The van der Waals surface area contributed by atoms with E-state index in [4.69, 9.17) is 0 Å². The number of hydrogen-bond acceptors (Lipinski definition) is 5. The average Bonchev–Trinajstić information content (AvgIpc) is 2.94. The number of benzene rings is 1. The maximum Gasteiger partial charge on any atom is 0.268 e. The Labute approximate surface area is 153 Å². The molecule has 3 rings (SSSR count). The minimum Gasteiger partial charge on any atom is -0.325 e. The van der Waals surface area contributed by atoms with E-state index < -0.39 is 5.82 Å². The van der Waals surface area contributed by atoms with E-state index >= 15 is 0 Å². The summed E-state index contributed by atoms with van der Waals surface area (Å²) in [6, 6.07) is 5.74. The van der Waals surface area contributed by atoms with Crippen molar-refractivity contribution < 1.29 is 9.18 Å². The van der Waals surface area contributed by atoms with Crippen molar-refractivity contribution in [2.24, 2.45) is 0 Å². The van der Waals surface area contributed by atoms with Gasteiger partial charge >= 0.3 is 0 Å². The lowest BCUT2D eigenvalue weighted by Crippen LogP contribution is -2.25. The number of hydrogen-bond donors (Lipinski definition) is 1. The smallest absolute Gasteiger partial charge is 0.268 e. The first-order valence-electron chi connectivity index (χ1n) is 7.96. The van der Waals surface area contributed by atoms with Gasteiger partial charge in [-0.2, -0.15) is 0 Å². The van der Waals surface area contributed by atoms with Crippen molar-refractivity contribution in [1.82, 2.24) is 9.55 Å². The Balaban J connectivity index is 1.73. The first kappa shape index (κ1) is 18.0. The van der Waals surface area contributed by atoms with Crippen LogP contribution >= 0.6 is 23.5 Å². The molecule has 0 saturated heterocycles. The second-order valence-corrected chi connectivity index (χ2v) is 8.09. The third kappa shape index (κ3) is 4.07. The van der Waals surface area contributed by atoms with E-state index in [1.54, 1.807) is 22.4 Å². The summed E-state index contributed by atoms with van der Waals surface area (Å²) >= 11 is 2.78. The van der Waals surface area contributed by atoms with E-state index in [-0.39, 0.29) is 17.2 Å². The van der Waals surface area contributed by atoms with Gasteiger partial charge in [0.15, 0.2) is 5.16 Å². The van der Waals surface area contributed by atoms with Gasteiger partial charge in [-0.15, -0.1) is 11.8 Å². The monoisotopic (exact) mass is 379 g/mol. The SMILES string of the molecule is CCn1c(SCC(=O)Nc2cccc(F)c2)nc2c(c1=O)S[C@H](C)C2. The lowest BCUT2D eigenvalue weighted by molar-refractivity contribution is -0.113. The van der Waals surface area contributed by atoms with Gasteiger partial charge in [0.25, 0.3) is 5.56 Å². The Bertz CT molecular complexity index is 869. The second kappa shape index (κ2) is 7.61. The highest BCUT2D eigenvalue weighted by atomic mass is 32.2. The Kier molecular flexibility index (Phi) is 5.48. The van der Waals surface area contributed by atoms with E-state index in [0.717, 1.165) is 17.0 Å². The molecule has 8 heteroatoms. The molecule has 2 heterocycles. The third-order valence-electron chi connectivity index (χ3n) is 3.72. The Morgan fingerprint density at radius 2 is 2.32 bits per heavy atom. The molecule has 5 nitrogen and oxygen atoms in total. The molecule has 1 aromatic heterocycles. The van der Waals surface area contributed by atoms with Gasteiger partial charge in [0.1, 0.15) is 5.82 Å². The molecule has 1 N–H and O–H groups in total. The number of fused-ring (bicyclic) bond motifs is 1. The molecule has 1 aliphatic rings. The number of thioether (sulfide) groups is 2. The molecule has 0 radical (unpaired) electrons. The number of amides is 1. The fraction of sp³-hybridized carbons (Fsp3) is 0.353. The number of anilines is 1. The average molecular weight is 379 g/mol. The molecule has 0 saturated carbocycles. The van der Waals surface area contributed by atoms with Crippen LogP contribution in [0.3, 0.4) is 0 Å². The van der Waals surface area contributed by atoms with Gasteiger partial charge in [-0.3, -0.25) is 14.2 Å². The minimum atomic E-state index is -0.405. The zero-order valence-corrected chi connectivity index (χ0v) is 15.5. The quantitative estimate of drug-likeness (QED) is 0.639. The number of nitrogens with one attached hydrogen (secondary N) is 1. The summed E-state index contributed by atoms with van der Waals surface area (Å²) in [6.45, 7) is 4.46. The molecule has 132 valence electrons. The van der Waals surface area contributed by atoms with E-state index in [2.05, 4.69) is 17.2 Å². The maximum absolute atomic E-state index is 13.2. The van der Waals surface area contributed by atoms with Crippen LogP contribution in [-0.4, -0.2) is 26.5 Å². The van der Waals surface area contributed by atoms with Gasteiger partial charge < -0.3 is 5.32 Å². The zero-order valence-electron chi connectivity index (χ0n) is 13.9. The van der Waals surface area contributed by atoms with Gasteiger partial charge in [0, 0.05) is 23.9 Å². The van der Waals surface area contributed by atoms with Crippen LogP contribution < -0.4 is 10.9 Å². The molecule has 1 amide bonds. The summed E-state index contributed by atoms with van der Waals surface area (Å²) in [7, 11) is 0. The molecule has 0 fully saturated rings. The third-order valence-corrected chi connectivity index (χ3v) is 5.91. The topological polar surface area (TPSA) is 64.0 Å². The number of aromatic nitrogens is 2. The van der Waals surface area contributed by atoms with Crippen molar-refractivity contribution >= 4 is 35.1 Å². The van der Waals surface area contributed by atoms with Crippen LogP contribution in [0.15, 0.2) is 39.1 Å². The standard InChI is InChI=1S/C17H18FN3O2S2/c1-3-21-16(23)15-13(7-10(2)25-15)20-17(21)24-9-14(22)19-12-6-4-5-11(18)8-12/h4-6,8,10H,3,7,9H2,1-2H3,(H,19,22)/t10-/m1/s1. The molecule has 25 heavy (non-hydrogen) atoms. The van der Waals surface area contributed by atoms with Crippen LogP contribution in [0.1, 0.15) is 19.5 Å². The van der Waals surface area contributed by atoms with Crippen LogP contribution in [0, 0.1) is 5.82 Å². The predicted molar refractivity (Wildman–Crippen MR) is 98.9 cm³/mol. The summed E-state index contributed by atoms with van der Waals surface area (Å²) in [5.41, 5.74) is 1.20. The fourth-order valence-electron chi connectivity index (χ4n) is 2.61. The van der Waals surface area contributed by atoms with E-state index in [9.17, 15) is 14.0 Å². The Hall–Kier alpha value is -1.80. The Morgan fingerprint density at radius 3 is 3.04 bits per heavy atom. The van der Waals surface area contributed by atoms with Crippen LogP contribution in [0.25, 0.3) is 0 Å². The van der Waals surface area contributed by atoms with Crippen LogP contribution in [-0.2, 0) is 17.8 Å². The summed E-state index contributed by atoms with van der Waals surface area (Å²) in [5.74, 6) is -0.572. The highest BCUT2D eigenvalue weighted by Crippen LogP contribution is 2.34. The highest BCUT2D eigenvalue weighted by molar-refractivity contribution is 8.00. The normalized spacial score (nSPS) is 15.9. The van der Waals surface area contributed by atoms with Crippen molar-refractivity contribution in [3.05, 3.63) is 46.1 Å². The molecule has 1 aromatic carbocycles. The minimum absolute atomic E-state index is 0.0325. The van der Waals surface area contributed by atoms with Gasteiger partial charge in [-0.1, -0.05) is 24.8 Å². The molecule has 0 spiro atoms. The summed E-state index contributed by atoms with van der Waals surface area (Å²) < 4.78 is 14.8.